The molecule has 0 saturated heterocycles. The molecule has 0 fully saturated rings. The molecule has 0 bridgehead atoms. The molecular weight excluding hydrogens is 775 g/mol. The Morgan fingerprint density at radius 2 is 0.710 bits per heavy atom. The maximum Gasteiger partial charge on any atom is 0.306 e. The highest BCUT2D eigenvalue weighted by atomic mass is 16.6. The summed E-state index contributed by atoms with van der Waals surface area (Å²) in [5, 5.41) is 11.7. The van der Waals surface area contributed by atoms with Gasteiger partial charge in [-0.2, -0.15) is 0 Å². The Hall–Kier alpha value is -1.67. The topological polar surface area (TPSA) is 102 Å². The Balaban J connectivity index is 4.16. The number of aliphatic carboxylic acids is 1. The van der Waals surface area contributed by atoms with E-state index in [-0.39, 0.29) is 42.7 Å². The third kappa shape index (κ3) is 43.6. The first kappa shape index (κ1) is 60.3. The number of hydrogen-bond acceptors (Lipinski definition) is 7. The van der Waals surface area contributed by atoms with Crippen LogP contribution in [-0.4, -0.2) is 75.5 Å². The van der Waals surface area contributed by atoms with E-state index in [2.05, 4.69) is 13.8 Å². The summed E-state index contributed by atoms with van der Waals surface area (Å²) in [6.45, 7) is 4.73. The molecule has 0 spiro atoms. The van der Waals surface area contributed by atoms with Crippen molar-refractivity contribution in [3.05, 3.63) is 0 Å². The Morgan fingerprint density at radius 3 is 1.00 bits per heavy atom. The summed E-state index contributed by atoms with van der Waals surface area (Å²) in [5.41, 5.74) is 0. The van der Waals surface area contributed by atoms with Gasteiger partial charge in [0.05, 0.1) is 40.3 Å². The molecule has 0 radical (unpaired) electrons. The van der Waals surface area contributed by atoms with Gasteiger partial charge in [0.15, 0.2) is 6.10 Å². The third-order valence-corrected chi connectivity index (χ3v) is 12.7. The molecule has 0 heterocycles. The standard InChI is InChI=1S/C54H105NO7/c1-6-8-10-12-14-16-18-20-22-24-26-27-29-31-33-35-37-39-41-43-45-53(57)62-50(48-60-47-46-51(54(58)59)55(3,4)5)49-61-52(56)44-42-40-38-36-34-32-30-28-25-23-21-19-17-15-13-11-9-7-2/h50-51H,6-49H2,1-5H3. The predicted molar refractivity (Wildman–Crippen MR) is 259 cm³/mol. The van der Waals surface area contributed by atoms with Crippen LogP contribution in [0.1, 0.15) is 277 Å². The van der Waals surface area contributed by atoms with E-state index in [1.807, 2.05) is 21.1 Å². The van der Waals surface area contributed by atoms with Crippen LogP contribution in [0.3, 0.4) is 0 Å². The van der Waals surface area contributed by atoms with Crippen LogP contribution in [-0.2, 0) is 28.6 Å². The first-order chi connectivity index (χ1) is 30.1. The fraction of sp³-hybridized carbons (Fsp3) is 0.944. The largest absolute Gasteiger partial charge is 0.544 e. The van der Waals surface area contributed by atoms with Gasteiger partial charge in [-0.3, -0.25) is 9.59 Å². The number of likely N-dealkylation sites (N-methyl/N-ethyl adjacent to an activating group) is 1. The molecule has 0 N–H and O–H groups in total. The number of nitrogens with zero attached hydrogens (tertiary/aromatic N) is 1. The number of quaternary nitrogens is 1. The fourth-order valence-corrected chi connectivity index (χ4v) is 8.55. The predicted octanol–water partition coefficient (Wildman–Crippen LogP) is 14.3. The lowest BCUT2D eigenvalue weighted by molar-refractivity contribution is -0.889. The van der Waals surface area contributed by atoms with Gasteiger partial charge >= 0.3 is 11.9 Å². The maximum atomic E-state index is 12.8. The zero-order valence-electron chi connectivity index (χ0n) is 42.1. The maximum absolute atomic E-state index is 12.8. The van der Waals surface area contributed by atoms with E-state index < -0.39 is 18.1 Å². The summed E-state index contributed by atoms with van der Waals surface area (Å²) in [5.74, 6) is -1.70. The van der Waals surface area contributed by atoms with Crippen LogP contribution in [0.4, 0.5) is 0 Å². The summed E-state index contributed by atoms with van der Waals surface area (Å²) in [4.78, 5) is 37.1. The van der Waals surface area contributed by atoms with Gasteiger partial charge in [0.2, 0.25) is 0 Å². The van der Waals surface area contributed by atoms with E-state index in [0.717, 1.165) is 38.5 Å². The number of carboxylic acid groups (broad SMARTS) is 1. The fourth-order valence-electron chi connectivity index (χ4n) is 8.55. The molecule has 0 aliphatic carbocycles. The van der Waals surface area contributed by atoms with Crippen molar-refractivity contribution in [2.75, 3.05) is 41.0 Å². The number of carboxylic acids is 1. The first-order valence-corrected chi connectivity index (χ1v) is 27.1. The SMILES string of the molecule is CCCCCCCCCCCCCCCCCCCCCCC(=O)OC(COCCC(C(=O)[O-])[N+](C)(C)C)COC(=O)CCCCCCCCCCCCCCCCCCCC. The van der Waals surface area contributed by atoms with Crippen LogP contribution in [0.15, 0.2) is 0 Å². The van der Waals surface area contributed by atoms with Gasteiger partial charge in [-0.1, -0.05) is 245 Å². The molecule has 0 aromatic heterocycles. The van der Waals surface area contributed by atoms with Gasteiger partial charge < -0.3 is 28.6 Å². The van der Waals surface area contributed by atoms with E-state index in [9.17, 15) is 19.5 Å². The van der Waals surface area contributed by atoms with E-state index in [1.54, 1.807) is 0 Å². The van der Waals surface area contributed by atoms with Gasteiger partial charge in [0.25, 0.3) is 0 Å². The van der Waals surface area contributed by atoms with Crippen molar-refractivity contribution < 1.29 is 38.2 Å². The second kappa shape index (κ2) is 45.9. The van der Waals surface area contributed by atoms with Gasteiger partial charge in [-0.15, -0.1) is 0 Å². The molecule has 0 aliphatic rings. The number of carbonyl (C=O) groups is 3. The molecule has 8 nitrogen and oxygen atoms in total. The van der Waals surface area contributed by atoms with Crippen LogP contribution < -0.4 is 5.11 Å². The normalized spacial score (nSPS) is 12.7. The molecule has 0 amide bonds. The van der Waals surface area contributed by atoms with E-state index >= 15 is 0 Å². The zero-order chi connectivity index (χ0) is 45.6. The molecule has 8 heteroatoms. The van der Waals surface area contributed by atoms with Gasteiger partial charge in [0.1, 0.15) is 12.6 Å². The highest BCUT2D eigenvalue weighted by molar-refractivity contribution is 5.70. The minimum Gasteiger partial charge on any atom is -0.544 e. The number of unbranched alkanes of at least 4 members (excludes halogenated alkanes) is 36. The number of carbonyl (C=O) groups excluding carboxylic acids is 3. The molecule has 368 valence electrons. The molecule has 0 aromatic carbocycles. The van der Waals surface area contributed by atoms with Crippen LogP contribution in [0.5, 0.6) is 0 Å². The molecule has 0 saturated carbocycles. The van der Waals surface area contributed by atoms with Crippen molar-refractivity contribution >= 4 is 17.9 Å². The summed E-state index contributed by atoms with van der Waals surface area (Å²) >= 11 is 0. The van der Waals surface area contributed by atoms with Crippen molar-refractivity contribution in [1.82, 2.24) is 0 Å². The van der Waals surface area contributed by atoms with E-state index in [1.165, 1.54) is 205 Å². The third-order valence-electron chi connectivity index (χ3n) is 12.7. The van der Waals surface area contributed by atoms with E-state index in [4.69, 9.17) is 14.2 Å². The van der Waals surface area contributed by atoms with Crippen molar-refractivity contribution in [3.63, 3.8) is 0 Å². The van der Waals surface area contributed by atoms with Crippen LogP contribution >= 0.6 is 0 Å². The summed E-state index contributed by atoms with van der Waals surface area (Å²) in [7, 11) is 5.43. The Bertz CT molecular complexity index is 982. The van der Waals surface area contributed by atoms with E-state index in [0.29, 0.717) is 12.8 Å². The number of rotatable bonds is 50. The summed E-state index contributed by atoms with van der Waals surface area (Å²) < 4.78 is 17.3. The number of ether oxygens (including phenoxy) is 3. The smallest absolute Gasteiger partial charge is 0.306 e. The summed E-state index contributed by atoms with van der Waals surface area (Å²) in [6, 6.07) is -0.720. The molecular formula is C54H105NO7. The number of hydrogen-bond donors (Lipinski definition) is 0. The zero-order valence-corrected chi connectivity index (χ0v) is 42.1. The molecule has 2 atom stereocenters. The van der Waals surface area contributed by atoms with Crippen molar-refractivity contribution in [2.24, 2.45) is 0 Å². The van der Waals surface area contributed by atoms with Gasteiger partial charge in [-0.25, -0.2) is 0 Å². The van der Waals surface area contributed by atoms with Crippen molar-refractivity contribution in [2.45, 2.75) is 289 Å². The van der Waals surface area contributed by atoms with Crippen LogP contribution in [0.25, 0.3) is 0 Å². The van der Waals surface area contributed by atoms with Gasteiger partial charge in [0, 0.05) is 19.3 Å². The minimum atomic E-state index is -1.12. The highest BCUT2D eigenvalue weighted by Gasteiger charge is 2.25. The van der Waals surface area contributed by atoms with Crippen LogP contribution in [0, 0.1) is 0 Å². The second-order valence-corrected chi connectivity index (χ2v) is 19.8. The molecule has 0 rings (SSSR count). The summed E-state index contributed by atoms with van der Waals surface area (Å²) in [6.07, 6.45) is 49.9. The lowest BCUT2D eigenvalue weighted by Gasteiger charge is -2.34. The Labute approximate surface area is 385 Å². The average molecular weight is 880 g/mol. The van der Waals surface area contributed by atoms with Gasteiger partial charge in [-0.05, 0) is 12.8 Å². The molecule has 62 heavy (non-hydrogen) atoms. The lowest BCUT2D eigenvalue weighted by atomic mass is 10.0. The lowest BCUT2D eigenvalue weighted by Crippen LogP contribution is -2.55. The van der Waals surface area contributed by atoms with Crippen LogP contribution in [0.2, 0.25) is 0 Å². The molecule has 0 aliphatic heterocycles. The molecule has 0 aromatic rings. The van der Waals surface area contributed by atoms with Crippen molar-refractivity contribution in [3.8, 4) is 0 Å². The highest BCUT2D eigenvalue weighted by Crippen LogP contribution is 2.17. The average Bonchev–Trinajstić information content (AvgIpc) is 3.23. The minimum absolute atomic E-state index is 0.0500. The Kier molecular flexibility index (Phi) is 44.6. The second-order valence-electron chi connectivity index (χ2n) is 19.8. The Morgan fingerprint density at radius 1 is 0.419 bits per heavy atom. The molecule has 2 unspecified atom stereocenters. The quantitative estimate of drug-likeness (QED) is 0.0341. The van der Waals surface area contributed by atoms with Crippen molar-refractivity contribution in [1.29, 1.82) is 0 Å². The monoisotopic (exact) mass is 880 g/mol. The first-order valence-electron chi connectivity index (χ1n) is 27.1. The number of esters is 2.